The highest BCUT2D eigenvalue weighted by molar-refractivity contribution is 5.95. The van der Waals surface area contributed by atoms with Gasteiger partial charge in [-0.15, -0.1) is 0 Å². The molecule has 3 aromatic rings. The van der Waals surface area contributed by atoms with Crippen LogP contribution in [-0.4, -0.2) is 17.0 Å². The van der Waals surface area contributed by atoms with Crippen molar-refractivity contribution in [2.24, 2.45) is 0 Å². The van der Waals surface area contributed by atoms with Crippen LogP contribution in [0.4, 0.5) is 0 Å². The van der Waals surface area contributed by atoms with Crippen molar-refractivity contribution in [1.82, 2.24) is 9.88 Å². The fraction of sp³-hybridized carbons (Fsp3) is 0.250. The van der Waals surface area contributed by atoms with E-state index in [9.17, 15) is 4.79 Å². The number of hydrogen-bond donors (Lipinski definition) is 1. The molecule has 0 aliphatic rings. The Kier molecular flexibility index (Phi) is 4.47. The van der Waals surface area contributed by atoms with E-state index in [1.54, 1.807) is 0 Å². The molecule has 0 fully saturated rings. The summed E-state index contributed by atoms with van der Waals surface area (Å²) >= 11 is 0. The summed E-state index contributed by atoms with van der Waals surface area (Å²) in [4.78, 5) is 12.3. The molecule has 3 rings (SSSR count). The standard InChI is InChI=1S/C20H22N2O/c1-15-7-5-9-18(16(15)2)20(23)21-12-6-13-22-14-11-17-8-3-4-10-19(17)22/h3-5,7-11,14H,6,12-13H2,1-2H3,(H,21,23). The molecule has 1 heterocycles. The normalized spacial score (nSPS) is 10.9. The number of amides is 1. The van der Waals surface area contributed by atoms with Crippen molar-refractivity contribution < 1.29 is 4.79 Å². The highest BCUT2D eigenvalue weighted by Crippen LogP contribution is 2.15. The Morgan fingerprint density at radius 1 is 1.04 bits per heavy atom. The van der Waals surface area contributed by atoms with Gasteiger partial charge in [0.2, 0.25) is 0 Å². The van der Waals surface area contributed by atoms with E-state index in [0.717, 1.165) is 29.7 Å². The van der Waals surface area contributed by atoms with E-state index in [0.29, 0.717) is 6.54 Å². The molecule has 0 atom stereocenters. The predicted octanol–water partition coefficient (Wildman–Crippen LogP) is 4.08. The summed E-state index contributed by atoms with van der Waals surface area (Å²) in [6.45, 7) is 5.61. The Morgan fingerprint density at radius 3 is 2.74 bits per heavy atom. The molecule has 0 spiro atoms. The summed E-state index contributed by atoms with van der Waals surface area (Å²) in [7, 11) is 0. The molecule has 0 bridgehead atoms. The zero-order valence-corrected chi connectivity index (χ0v) is 13.7. The van der Waals surface area contributed by atoms with Crippen molar-refractivity contribution in [2.45, 2.75) is 26.8 Å². The number of aromatic nitrogens is 1. The SMILES string of the molecule is Cc1cccc(C(=O)NCCCn2ccc3ccccc32)c1C. The number of fused-ring (bicyclic) bond motifs is 1. The van der Waals surface area contributed by atoms with Crippen LogP contribution in [0.3, 0.4) is 0 Å². The molecular formula is C20H22N2O. The summed E-state index contributed by atoms with van der Waals surface area (Å²) < 4.78 is 2.24. The predicted molar refractivity (Wildman–Crippen MR) is 94.8 cm³/mol. The lowest BCUT2D eigenvalue weighted by Gasteiger charge is -2.10. The van der Waals surface area contributed by atoms with Crippen molar-refractivity contribution in [1.29, 1.82) is 0 Å². The van der Waals surface area contributed by atoms with Gasteiger partial charge in [-0.3, -0.25) is 4.79 Å². The first kappa shape index (κ1) is 15.3. The number of carbonyl (C=O) groups is 1. The summed E-state index contributed by atoms with van der Waals surface area (Å²) in [6.07, 6.45) is 3.02. The number of nitrogens with zero attached hydrogens (tertiary/aromatic N) is 1. The van der Waals surface area contributed by atoms with Gasteiger partial charge in [-0.05, 0) is 55.0 Å². The summed E-state index contributed by atoms with van der Waals surface area (Å²) in [5.41, 5.74) is 4.22. The lowest BCUT2D eigenvalue weighted by molar-refractivity contribution is 0.0952. The Labute approximate surface area is 136 Å². The van der Waals surface area contributed by atoms with E-state index in [1.165, 1.54) is 10.9 Å². The average Bonchev–Trinajstić information content (AvgIpc) is 2.97. The number of para-hydroxylation sites is 1. The number of hydrogen-bond acceptors (Lipinski definition) is 1. The Balaban J connectivity index is 1.55. The third kappa shape index (κ3) is 3.29. The molecule has 0 aliphatic carbocycles. The van der Waals surface area contributed by atoms with Gasteiger partial charge in [-0.2, -0.15) is 0 Å². The van der Waals surface area contributed by atoms with Crippen LogP contribution in [-0.2, 0) is 6.54 Å². The Morgan fingerprint density at radius 2 is 1.87 bits per heavy atom. The molecular weight excluding hydrogens is 284 g/mol. The quantitative estimate of drug-likeness (QED) is 0.708. The maximum Gasteiger partial charge on any atom is 0.251 e. The molecule has 3 heteroatoms. The minimum absolute atomic E-state index is 0.0172. The average molecular weight is 306 g/mol. The minimum atomic E-state index is 0.0172. The zero-order chi connectivity index (χ0) is 16.2. The topological polar surface area (TPSA) is 34.0 Å². The fourth-order valence-corrected chi connectivity index (χ4v) is 2.88. The van der Waals surface area contributed by atoms with Crippen LogP contribution in [0.15, 0.2) is 54.7 Å². The van der Waals surface area contributed by atoms with Gasteiger partial charge < -0.3 is 9.88 Å². The Hall–Kier alpha value is -2.55. The van der Waals surface area contributed by atoms with Crippen LogP contribution in [0.25, 0.3) is 10.9 Å². The monoisotopic (exact) mass is 306 g/mol. The fourth-order valence-electron chi connectivity index (χ4n) is 2.88. The lowest BCUT2D eigenvalue weighted by Crippen LogP contribution is -2.26. The molecule has 118 valence electrons. The molecule has 2 aromatic carbocycles. The molecule has 0 aliphatic heterocycles. The van der Waals surface area contributed by atoms with Gasteiger partial charge in [0.25, 0.3) is 5.91 Å². The third-order valence-corrected chi connectivity index (χ3v) is 4.39. The van der Waals surface area contributed by atoms with Crippen molar-refractivity contribution >= 4 is 16.8 Å². The summed E-state index contributed by atoms with van der Waals surface area (Å²) in [6, 6.07) is 16.3. The summed E-state index contributed by atoms with van der Waals surface area (Å²) in [5.74, 6) is 0.0172. The van der Waals surface area contributed by atoms with Crippen LogP contribution < -0.4 is 5.32 Å². The van der Waals surface area contributed by atoms with Crippen molar-refractivity contribution in [2.75, 3.05) is 6.54 Å². The van der Waals surface area contributed by atoms with Crippen LogP contribution in [0.5, 0.6) is 0 Å². The zero-order valence-electron chi connectivity index (χ0n) is 13.7. The second kappa shape index (κ2) is 6.69. The van der Waals surface area contributed by atoms with Crippen LogP contribution in [0, 0.1) is 13.8 Å². The van der Waals surface area contributed by atoms with E-state index in [1.807, 2.05) is 32.0 Å². The first-order valence-corrected chi connectivity index (χ1v) is 8.05. The third-order valence-electron chi connectivity index (χ3n) is 4.39. The van der Waals surface area contributed by atoms with Gasteiger partial charge in [-0.25, -0.2) is 0 Å². The van der Waals surface area contributed by atoms with Crippen LogP contribution in [0.2, 0.25) is 0 Å². The molecule has 23 heavy (non-hydrogen) atoms. The van der Waals surface area contributed by atoms with Crippen molar-refractivity contribution in [3.05, 3.63) is 71.4 Å². The van der Waals surface area contributed by atoms with E-state index < -0.39 is 0 Å². The first-order valence-electron chi connectivity index (χ1n) is 8.05. The number of rotatable bonds is 5. The molecule has 1 aromatic heterocycles. The van der Waals surface area contributed by atoms with Crippen molar-refractivity contribution in [3.63, 3.8) is 0 Å². The smallest absolute Gasteiger partial charge is 0.251 e. The van der Waals surface area contributed by atoms with Crippen LogP contribution in [0.1, 0.15) is 27.9 Å². The molecule has 1 N–H and O–H groups in total. The van der Waals surface area contributed by atoms with Gasteiger partial charge >= 0.3 is 0 Å². The maximum absolute atomic E-state index is 12.3. The molecule has 0 unspecified atom stereocenters. The number of aryl methyl sites for hydroxylation is 2. The largest absolute Gasteiger partial charge is 0.352 e. The molecule has 0 radical (unpaired) electrons. The van der Waals surface area contributed by atoms with Gasteiger partial charge in [0.15, 0.2) is 0 Å². The molecule has 1 amide bonds. The van der Waals surface area contributed by atoms with E-state index in [2.05, 4.69) is 46.4 Å². The first-order chi connectivity index (χ1) is 11.2. The minimum Gasteiger partial charge on any atom is -0.352 e. The number of benzene rings is 2. The second-order valence-electron chi connectivity index (χ2n) is 5.92. The molecule has 3 nitrogen and oxygen atoms in total. The van der Waals surface area contributed by atoms with Gasteiger partial charge in [-0.1, -0.05) is 30.3 Å². The molecule has 0 saturated heterocycles. The maximum atomic E-state index is 12.3. The lowest BCUT2D eigenvalue weighted by atomic mass is 10.0. The highest BCUT2D eigenvalue weighted by Gasteiger charge is 2.09. The van der Waals surface area contributed by atoms with E-state index in [4.69, 9.17) is 0 Å². The van der Waals surface area contributed by atoms with E-state index in [-0.39, 0.29) is 5.91 Å². The van der Waals surface area contributed by atoms with Gasteiger partial charge in [0.05, 0.1) is 0 Å². The molecule has 0 saturated carbocycles. The second-order valence-corrected chi connectivity index (χ2v) is 5.92. The Bertz CT molecular complexity index is 833. The highest BCUT2D eigenvalue weighted by atomic mass is 16.1. The van der Waals surface area contributed by atoms with E-state index >= 15 is 0 Å². The van der Waals surface area contributed by atoms with Gasteiger partial charge in [0.1, 0.15) is 0 Å². The van der Waals surface area contributed by atoms with Crippen LogP contribution >= 0.6 is 0 Å². The van der Waals surface area contributed by atoms with Crippen molar-refractivity contribution in [3.8, 4) is 0 Å². The number of carbonyl (C=O) groups excluding carboxylic acids is 1. The summed E-state index contributed by atoms with van der Waals surface area (Å²) in [5, 5.41) is 4.28. The van der Waals surface area contributed by atoms with Gasteiger partial charge in [0, 0.05) is 30.4 Å². The number of nitrogens with one attached hydrogen (secondary N) is 1.